The zero-order valence-corrected chi connectivity index (χ0v) is 13.7. The molecule has 1 aromatic carbocycles. The molecule has 1 N–H and O–H groups in total. The van der Waals surface area contributed by atoms with Gasteiger partial charge in [0.05, 0.1) is 5.56 Å². The molecule has 122 valence electrons. The minimum absolute atomic E-state index is 0.0979. The smallest absolute Gasteiger partial charge is 0.198 e. The number of pyridine rings is 1. The van der Waals surface area contributed by atoms with Gasteiger partial charge in [-0.3, -0.25) is 9.79 Å². The van der Waals surface area contributed by atoms with Gasteiger partial charge < -0.3 is 9.88 Å². The Kier molecular flexibility index (Phi) is 4.57. The molecule has 0 amide bonds. The fraction of sp³-hybridized carbons (Fsp3) is 0.444. The molecule has 5 heteroatoms. The lowest BCUT2D eigenvalue weighted by molar-refractivity contribution is 0.403. The average Bonchev–Trinajstić information content (AvgIpc) is 2.52. The van der Waals surface area contributed by atoms with Crippen LogP contribution in [-0.2, 0) is 6.42 Å². The van der Waals surface area contributed by atoms with Crippen LogP contribution in [0.1, 0.15) is 30.5 Å². The zero-order valence-electron chi connectivity index (χ0n) is 13.7. The first-order valence-electron chi connectivity index (χ1n) is 8.09. The lowest BCUT2D eigenvalue weighted by Crippen LogP contribution is -2.25. The second-order valence-corrected chi connectivity index (χ2v) is 6.34. The van der Waals surface area contributed by atoms with E-state index in [4.69, 9.17) is 0 Å². The number of hydrogen-bond acceptors (Lipinski definition) is 3. The van der Waals surface area contributed by atoms with Crippen LogP contribution in [0.2, 0.25) is 0 Å². The predicted molar refractivity (Wildman–Crippen MR) is 92.0 cm³/mol. The number of halogens is 1. The summed E-state index contributed by atoms with van der Waals surface area (Å²) in [5.41, 5.74) is 3.08. The van der Waals surface area contributed by atoms with Crippen LogP contribution >= 0.6 is 0 Å². The minimum atomic E-state index is -0.386. The first-order chi connectivity index (χ1) is 11.1. The Morgan fingerprint density at radius 1 is 1.30 bits per heavy atom. The highest BCUT2D eigenvalue weighted by Crippen LogP contribution is 2.21. The van der Waals surface area contributed by atoms with Crippen molar-refractivity contribution in [2.24, 2.45) is 4.99 Å². The predicted octanol–water partition coefficient (Wildman–Crippen LogP) is 2.74. The molecular weight excluding hydrogens is 293 g/mol. The Balaban J connectivity index is 2.00. The van der Waals surface area contributed by atoms with Crippen molar-refractivity contribution in [2.75, 3.05) is 27.2 Å². The van der Waals surface area contributed by atoms with Gasteiger partial charge in [-0.25, -0.2) is 4.39 Å². The lowest BCUT2D eigenvalue weighted by atomic mass is 9.92. The summed E-state index contributed by atoms with van der Waals surface area (Å²) in [5, 5.41) is 0.409. The molecule has 4 nitrogen and oxygen atoms in total. The van der Waals surface area contributed by atoms with Crippen LogP contribution < -0.4 is 5.43 Å². The summed E-state index contributed by atoms with van der Waals surface area (Å²) in [7, 11) is 4.07. The van der Waals surface area contributed by atoms with Crippen LogP contribution in [0, 0.1) is 5.82 Å². The molecule has 1 heterocycles. The molecular formula is C18H22FN3O. The molecule has 0 atom stereocenters. The van der Waals surface area contributed by atoms with Crippen molar-refractivity contribution in [3.05, 3.63) is 45.5 Å². The Hall–Kier alpha value is -2.01. The normalized spacial score (nSPS) is 16.3. The Labute approximate surface area is 135 Å². The van der Waals surface area contributed by atoms with E-state index in [0.717, 1.165) is 43.6 Å². The van der Waals surface area contributed by atoms with Crippen LogP contribution in [0.3, 0.4) is 0 Å². The van der Waals surface area contributed by atoms with Gasteiger partial charge in [-0.1, -0.05) is 0 Å². The highest BCUT2D eigenvalue weighted by Gasteiger charge is 2.21. The van der Waals surface area contributed by atoms with Crippen LogP contribution in [0.25, 0.3) is 10.9 Å². The van der Waals surface area contributed by atoms with E-state index in [1.54, 1.807) is 6.07 Å². The largest absolute Gasteiger partial charge is 0.358 e. The van der Waals surface area contributed by atoms with Gasteiger partial charge >= 0.3 is 0 Å². The van der Waals surface area contributed by atoms with E-state index in [2.05, 4.69) is 14.9 Å². The highest BCUT2D eigenvalue weighted by atomic mass is 19.1. The summed E-state index contributed by atoms with van der Waals surface area (Å²) < 4.78 is 13.5. The third-order valence-electron chi connectivity index (χ3n) is 4.24. The lowest BCUT2D eigenvalue weighted by Gasteiger charge is -2.18. The van der Waals surface area contributed by atoms with Crippen molar-refractivity contribution in [3.63, 3.8) is 0 Å². The number of nitrogens with one attached hydrogen (secondary N) is 1. The Morgan fingerprint density at radius 3 is 2.91 bits per heavy atom. The fourth-order valence-electron chi connectivity index (χ4n) is 3.12. The number of hydrogen-bond donors (Lipinski definition) is 1. The van der Waals surface area contributed by atoms with E-state index in [1.807, 2.05) is 14.1 Å². The summed E-state index contributed by atoms with van der Waals surface area (Å²) in [6, 6.07) is 4.32. The summed E-state index contributed by atoms with van der Waals surface area (Å²) in [6.07, 6.45) is 3.61. The van der Waals surface area contributed by atoms with E-state index >= 15 is 0 Å². The van der Waals surface area contributed by atoms with Gasteiger partial charge in [0.15, 0.2) is 5.43 Å². The molecule has 3 rings (SSSR count). The number of rotatable bonds is 4. The summed E-state index contributed by atoms with van der Waals surface area (Å²) in [5.74, 6) is -0.386. The van der Waals surface area contributed by atoms with Crippen molar-refractivity contribution in [3.8, 4) is 0 Å². The molecule has 1 aliphatic carbocycles. The number of aliphatic imine (C=N–C) groups is 1. The van der Waals surface area contributed by atoms with E-state index in [9.17, 15) is 9.18 Å². The Bertz CT molecular complexity index is 808. The zero-order chi connectivity index (χ0) is 16.4. The van der Waals surface area contributed by atoms with E-state index in [1.165, 1.54) is 12.1 Å². The molecule has 0 unspecified atom stereocenters. The maximum Gasteiger partial charge on any atom is 0.198 e. The number of aromatic nitrogens is 1. The van der Waals surface area contributed by atoms with E-state index in [0.29, 0.717) is 23.0 Å². The maximum absolute atomic E-state index is 13.5. The van der Waals surface area contributed by atoms with Gasteiger partial charge in [-0.15, -0.1) is 0 Å². The third kappa shape index (κ3) is 3.34. The maximum atomic E-state index is 13.5. The number of benzene rings is 1. The number of nitrogens with zero attached hydrogens (tertiary/aromatic N) is 2. The van der Waals surface area contributed by atoms with Crippen molar-refractivity contribution in [1.82, 2.24) is 9.88 Å². The van der Waals surface area contributed by atoms with Gasteiger partial charge in [0.2, 0.25) is 0 Å². The number of fused-ring (bicyclic) bond motifs is 2. The van der Waals surface area contributed by atoms with Crippen molar-refractivity contribution in [1.29, 1.82) is 0 Å². The molecule has 0 saturated carbocycles. The SMILES string of the molecule is CN(C)CCCN=C1CCCc2[nH]c3ccc(F)cc3c(=O)c21. The minimum Gasteiger partial charge on any atom is -0.358 e. The van der Waals surface area contributed by atoms with E-state index in [-0.39, 0.29) is 11.2 Å². The quantitative estimate of drug-likeness (QED) is 0.882. The highest BCUT2D eigenvalue weighted by molar-refractivity contribution is 6.04. The molecule has 0 spiro atoms. The molecule has 0 saturated heterocycles. The monoisotopic (exact) mass is 315 g/mol. The molecule has 0 aliphatic heterocycles. The van der Waals surface area contributed by atoms with Crippen molar-refractivity contribution < 1.29 is 4.39 Å². The summed E-state index contributed by atoms with van der Waals surface area (Å²) >= 11 is 0. The van der Waals surface area contributed by atoms with Gasteiger partial charge in [0.25, 0.3) is 0 Å². The summed E-state index contributed by atoms with van der Waals surface area (Å²) in [6.45, 7) is 1.69. The molecule has 2 aromatic rings. The molecule has 1 aromatic heterocycles. The third-order valence-corrected chi connectivity index (χ3v) is 4.24. The molecule has 0 bridgehead atoms. The topological polar surface area (TPSA) is 48.5 Å². The van der Waals surface area contributed by atoms with E-state index < -0.39 is 0 Å². The van der Waals surface area contributed by atoms with Gasteiger partial charge in [0, 0.05) is 28.9 Å². The Morgan fingerprint density at radius 2 is 2.13 bits per heavy atom. The van der Waals surface area contributed by atoms with Crippen molar-refractivity contribution in [2.45, 2.75) is 25.7 Å². The number of aryl methyl sites for hydroxylation is 1. The van der Waals surface area contributed by atoms with Crippen molar-refractivity contribution >= 4 is 16.6 Å². The molecule has 0 fully saturated rings. The van der Waals surface area contributed by atoms with Crippen LogP contribution in [0.4, 0.5) is 4.39 Å². The molecule has 23 heavy (non-hydrogen) atoms. The van der Waals surface area contributed by atoms with Crippen LogP contribution in [0.15, 0.2) is 28.0 Å². The molecule has 1 aliphatic rings. The average molecular weight is 315 g/mol. The first-order valence-corrected chi connectivity index (χ1v) is 8.09. The number of aromatic amines is 1. The second kappa shape index (κ2) is 6.62. The second-order valence-electron chi connectivity index (χ2n) is 6.34. The van der Waals surface area contributed by atoms with Crippen LogP contribution in [-0.4, -0.2) is 42.8 Å². The van der Waals surface area contributed by atoms with Gasteiger partial charge in [-0.2, -0.15) is 0 Å². The van der Waals surface area contributed by atoms with Gasteiger partial charge in [0.1, 0.15) is 5.82 Å². The van der Waals surface area contributed by atoms with Crippen LogP contribution in [0.5, 0.6) is 0 Å². The molecule has 0 radical (unpaired) electrons. The summed E-state index contributed by atoms with van der Waals surface area (Å²) in [4.78, 5) is 22.9. The standard InChI is InChI=1S/C18H22FN3O/c1-22(2)10-4-9-20-15-5-3-6-16-17(15)18(23)13-11-12(19)7-8-14(13)21-16/h7-8,11H,3-6,9-10H2,1-2H3,(H,21,23). The fourth-order valence-corrected chi connectivity index (χ4v) is 3.12. The number of H-pyrrole nitrogens is 1. The first kappa shape index (κ1) is 15.9. The van der Waals surface area contributed by atoms with Gasteiger partial charge in [-0.05, 0) is 64.5 Å².